The number of H-pyrrole nitrogens is 1. The highest BCUT2D eigenvalue weighted by Crippen LogP contribution is 2.20. The van der Waals surface area contributed by atoms with Gasteiger partial charge in [0, 0.05) is 17.6 Å². The molecule has 174 valence electrons. The van der Waals surface area contributed by atoms with Gasteiger partial charge in [-0.15, -0.1) is 0 Å². The molecule has 3 rings (SSSR count). The lowest BCUT2D eigenvalue weighted by molar-refractivity contribution is -0.141. The number of rotatable bonds is 8. The highest BCUT2D eigenvalue weighted by atomic mass is 35.5. The van der Waals surface area contributed by atoms with Crippen molar-refractivity contribution in [2.75, 3.05) is 0 Å². The highest BCUT2D eigenvalue weighted by molar-refractivity contribution is 6.30. The summed E-state index contributed by atoms with van der Waals surface area (Å²) >= 11 is 5.96. The van der Waals surface area contributed by atoms with Crippen molar-refractivity contribution in [2.45, 2.75) is 40.0 Å². The van der Waals surface area contributed by atoms with Crippen LogP contribution in [0.3, 0.4) is 0 Å². The molecule has 1 heterocycles. The quantitative estimate of drug-likeness (QED) is 0.522. The minimum atomic E-state index is -1.11. The van der Waals surface area contributed by atoms with Crippen LogP contribution in [0.2, 0.25) is 5.02 Å². The largest absolute Gasteiger partial charge is 0.491 e. The van der Waals surface area contributed by atoms with Crippen molar-refractivity contribution in [3.05, 3.63) is 85.7 Å². The number of carboxylic acid groups (broad SMARTS) is 1. The van der Waals surface area contributed by atoms with Gasteiger partial charge in [0.1, 0.15) is 5.75 Å². The summed E-state index contributed by atoms with van der Waals surface area (Å²) in [6.45, 7) is 5.05. The Morgan fingerprint density at radius 3 is 2.45 bits per heavy atom. The van der Waals surface area contributed by atoms with Crippen molar-refractivity contribution in [3.8, 4) is 5.75 Å². The number of carboxylic acids is 1. The molecule has 33 heavy (non-hydrogen) atoms. The SMILES string of the molecule is CC(C)Oc1cccc(/N=c2\[nH]c(=O)n(C[C@H](C)C(=O)O)c(=O)n2Cc2ccc(Cl)cc2)c1. The summed E-state index contributed by atoms with van der Waals surface area (Å²) in [6.07, 6.45) is -0.0324. The average molecular weight is 473 g/mol. The van der Waals surface area contributed by atoms with Crippen molar-refractivity contribution in [1.29, 1.82) is 0 Å². The smallest absolute Gasteiger partial charge is 0.335 e. The normalized spacial score (nSPS) is 12.7. The van der Waals surface area contributed by atoms with Gasteiger partial charge in [0.25, 0.3) is 0 Å². The number of hydrogen-bond acceptors (Lipinski definition) is 5. The zero-order chi connectivity index (χ0) is 24.1. The Morgan fingerprint density at radius 2 is 1.82 bits per heavy atom. The third-order valence-electron chi connectivity index (χ3n) is 4.74. The fourth-order valence-electron chi connectivity index (χ4n) is 3.09. The van der Waals surface area contributed by atoms with Crippen molar-refractivity contribution < 1.29 is 14.6 Å². The molecule has 0 bridgehead atoms. The van der Waals surface area contributed by atoms with Gasteiger partial charge >= 0.3 is 17.3 Å². The first kappa shape index (κ1) is 24.1. The summed E-state index contributed by atoms with van der Waals surface area (Å²) < 4.78 is 7.84. The van der Waals surface area contributed by atoms with Crippen LogP contribution in [0.4, 0.5) is 5.69 Å². The molecule has 1 aromatic heterocycles. The van der Waals surface area contributed by atoms with E-state index in [0.29, 0.717) is 16.5 Å². The number of aromatic nitrogens is 3. The summed E-state index contributed by atoms with van der Waals surface area (Å²) in [5.74, 6) is -1.44. The topological polar surface area (TPSA) is 119 Å². The molecule has 0 amide bonds. The Balaban J connectivity index is 2.17. The van der Waals surface area contributed by atoms with E-state index in [-0.39, 0.29) is 24.8 Å². The molecule has 2 N–H and O–H groups in total. The molecule has 9 nitrogen and oxygen atoms in total. The maximum atomic E-state index is 13.2. The van der Waals surface area contributed by atoms with E-state index in [1.54, 1.807) is 48.5 Å². The van der Waals surface area contributed by atoms with Crippen LogP contribution in [-0.4, -0.2) is 31.3 Å². The van der Waals surface area contributed by atoms with Gasteiger partial charge in [0.05, 0.1) is 24.3 Å². The number of aliphatic carboxylic acids is 1. The monoisotopic (exact) mass is 472 g/mol. The minimum absolute atomic E-state index is 0.0286. The van der Waals surface area contributed by atoms with Gasteiger partial charge < -0.3 is 9.84 Å². The van der Waals surface area contributed by atoms with Crippen LogP contribution in [0.5, 0.6) is 5.75 Å². The number of nitrogens with zero attached hydrogens (tertiary/aromatic N) is 3. The molecule has 0 unspecified atom stereocenters. The zero-order valence-electron chi connectivity index (χ0n) is 18.5. The number of carbonyl (C=O) groups is 1. The summed E-state index contributed by atoms with van der Waals surface area (Å²) in [7, 11) is 0. The second kappa shape index (κ2) is 10.4. The fraction of sp³-hybridized carbons (Fsp3) is 0.304. The Bertz CT molecular complexity index is 1320. The average Bonchev–Trinajstić information content (AvgIpc) is 2.74. The molecular formula is C23H25ClN4O5. The van der Waals surface area contributed by atoms with Crippen molar-refractivity contribution >= 4 is 23.3 Å². The van der Waals surface area contributed by atoms with Crippen LogP contribution in [0.25, 0.3) is 0 Å². The van der Waals surface area contributed by atoms with E-state index in [9.17, 15) is 19.5 Å². The van der Waals surface area contributed by atoms with Crippen LogP contribution in [-0.2, 0) is 17.9 Å². The molecule has 2 aromatic carbocycles. The van der Waals surface area contributed by atoms with E-state index < -0.39 is 23.3 Å². The first-order valence-electron chi connectivity index (χ1n) is 10.4. The lowest BCUT2D eigenvalue weighted by atomic mass is 10.2. The lowest BCUT2D eigenvalue weighted by Crippen LogP contribution is -2.51. The van der Waals surface area contributed by atoms with Gasteiger partial charge in [-0.05, 0) is 43.7 Å². The maximum absolute atomic E-state index is 13.2. The van der Waals surface area contributed by atoms with Gasteiger partial charge in [-0.25, -0.2) is 19.1 Å². The van der Waals surface area contributed by atoms with Crippen LogP contribution in [0, 0.1) is 5.92 Å². The fourth-order valence-corrected chi connectivity index (χ4v) is 3.22. The number of aromatic amines is 1. The molecule has 0 spiro atoms. The van der Waals surface area contributed by atoms with E-state index in [4.69, 9.17) is 16.3 Å². The predicted octanol–water partition coefficient (Wildman–Crippen LogP) is 2.78. The van der Waals surface area contributed by atoms with E-state index in [1.165, 1.54) is 11.5 Å². The van der Waals surface area contributed by atoms with Crippen LogP contribution in [0.1, 0.15) is 26.3 Å². The Kier molecular flexibility index (Phi) is 7.55. The van der Waals surface area contributed by atoms with Gasteiger partial charge in [0.15, 0.2) is 0 Å². The Labute approximate surface area is 194 Å². The molecule has 3 aromatic rings. The number of ether oxygens (including phenoxy) is 1. The molecule has 0 aliphatic carbocycles. The van der Waals surface area contributed by atoms with Gasteiger partial charge in [0.2, 0.25) is 5.62 Å². The number of hydrogen-bond donors (Lipinski definition) is 2. The van der Waals surface area contributed by atoms with Gasteiger partial charge in [-0.3, -0.25) is 14.3 Å². The first-order valence-corrected chi connectivity index (χ1v) is 10.7. The third-order valence-corrected chi connectivity index (χ3v) is 4.99. The maximum Gasteiger partial charge on any atom is 0.335 e. The molecule has 0 aliphatic rings. The molecule has 0 radical (unpaired) electrons. The van der Waals surface area contributed by atoms with E-state index >= 15 is 0 Å². The summed E-state index contributed by atoms with van der Waals surface area (Å²) in [4.78, 5) is 44.3. The van der Waals surface area contributed by atoms with Crippen LogP contribution < -0.4 is 21.7 Å². The molecule has 0 saturated carbocycles. The standard InChI is InChI=1S/C23H25ClN4O5/c1-14(2)33-19-6-4-5-18(11-19)25-21-26-22(31)28(12-15(3)20(29)30)23(32)27(21)13-16-7-9-17(24)10-8-16/h4-11,14-15H,12-13H2,1-3H3,(H,29,30)(H,25,26,31)/t15-/m0/s1. The molecule has 1 atom stereocenters. The molecule has 0 aliphatic heterocycles. The number of nitrogens with one attached hydrogen (secondary N) is 1. The molecule has 0 saturated heterocycles. The highest BCUT2D eigenvalue weighted by Gasteiger charge is 2.17. The van der Waals surface area contributed by atoms with Crippen LogP contribution in [0.15, 0.2) is 63.1 Å². The van der Waals surface area contributed by atoms with Crippen LogP contribution >= 0.6 is 11.6 Å². The zero-order valence-corrected chi connectivity index (χ0v) is 19.2. The summed E-state index contributed by atoms with van der Waals surface area (Å²) in [6, 6.07) is 13.9. The Morgan fingerprint density at radius 1 is 1.12 bits per heavy atom. The second-order valence-electron chi connectivity index (χ2n) is 7.87. The summed E-state index contributed by atoms with van der Waals surface area (Å²) in [5, 5.41) is 9.76. The van der Waals surface area contributed by atoms with E-state index in [1.807, 2.05) is 13.8 Å². The number of halogens is 1. The van der Waals surface area contributed by atoms with E-state index in [0.717, 1.165) is 10.1 Å². The van der Waals surface area contributed by atoms with Crippen molar-refractivity contribution in [1.82, 2.24) is 14.1 Å². The number of benzene rings is 2. The molecular weight excluding hydrogens is 448 g/mol. The van der Waals surface area contributed by atoms with Crippen molar-refractivity contribution in [3.63, 3.8) is 0 Å². The van der Waals surface area contributed by atoms with Gasteiger partial charge in [-0.1, -0.05) is 36.7 Å². The Hall–Kier alpha value is -3.59. The minimum Gasteiger partial charge on any atom is -0.491 e. The molecule has 10 heteroatoms. The van der Waals surface area contributed by atoms with E-state index in [2.05, 4.69) is 9.98 Å². The van der Waals surface area contributed by atoms with Gasteiger partial charge in [-0.2, -0.15) is 0 Å². The first-order chi connectivity index (χ1) is 15.6. The second-order valence-corrected chi connectivity index (χ2v) is 8.31. The third kappa shape index (κ3) is 6.23. The van der Waals surface area contributed by atoms with Crippen molar-refractivity contribution in [2.24, 2.45) is 10.9 Å². The lowest BCUT2D eigenvalue weighted by Gasteiger charge is -2.13. The predicted molar refractivity (Wildman–Crippen MR) is 124 cm³/mol. The molecule has 0 fully saturated rings. The summed E-state index contributed by atoms with van der Waals surface area (Å²) in [5.41, 5.74) is -0.158.